The van der Waals surface area contributed by atoms with Crippen molar-refractivity contribution in [3.05, 3.63) is 12.7 Å². The van der Waals surface area contributed by atoms with Crippen LogP contribution in [0.15, 0.2) is 12.7 Å². The van der Waals surface area contributed by atoms with E-state index in [1.165, 1.54) is 0 Å². The molecule has 1 saturated heterocycles. The van der Waals surface area contributed by atoms with Crippen LogP contribution in [0.2, 0.25) is 0 Å². The Morgan fingerprint density at radius 1 is 1.36 bits per heavy atom. The number of allylic oxidation sites excluding steroid dienone is 1. The third-order valence-electron chi connectivity index (χ3n) is 2.15. The first-order chi connectivity index (χ1) is 6.56. The van der Waals surface area contributed by atoms with Gasteiger partial charge in [-0.1, -0.05) is 13.0 Å². The molecule has 14 heavy (non-hydrogen) atoms. The van der Waals surface area contributed by atoms with Gasteiger partial charge in [-0.05, 0) is 12.3 Å². The highest BCUT2D eigenvalue weighted by Gasteiger charge is 2.37. The highest BCUT2D eigenvalue weighted by Crippen LogP contribution is 2.18. The van der Waals surface area contributed by atoms with E-state index in [0.717, 1.165) is 0 Å². The molecule has 1 aliphatic rings. The molecular weight excluding hydrogens is 184 g/mol. The summed E-state index contributed by atoms with van der Waals surface area (Å²) in [7, 11) is 0. The Balaban J connectivity index is 2.76. The zero-order chi connectivity index (χ0) is 10.7. The fraction of sp³-hybridized carbons (Fsp3) is 0.444. The SMILES string of the molecule is C=CCC(C)C1C(=O)NC(=O)NC1=O. The summed E-state index contributed by atoms with van der Waals surface area (Å²) >= 11 is 0. The van der Waals surface area contributed by atoms with Crippen molar-refractivity contribution in [3.8, 4) is 0 Å². The zero-order valence-electron chi connectivity index (χ0n) is 7.87. The lowest BCUT2D eigenvalue weighted by atomic mass is 9.89. The molecule has 76 valence electrons. The quantitative estimate of drug-likeness (QED) is 0.499. The predicted molar refractivity (Wildman–Crippen MR) is 49.1 cm³/mol. The molecule has 1 atom stereocenters. The molecule has 5 nitrogen and oxygen atoms in total. The van der Waals surface area contributed by atoms with Crippen LogP contribution in [0.1, 0.15) is 13.3 Å². The molecule has 0 saturated carbocycles. The molecule has 1 unspecified atom stereocenters. The zero-order valence-corrected chi connectivity index (χ0v) is 7.87. The molecule has 1 aliphatic heterocycles. The number of hydrogen-bond donors (Lipinski definition) is 2. The number of amides is 4. The van der Waals surface area contributed by atoms with Crippen molar-refractivity contribution in [2.75, 3.05) is 0 Å². The number of nitrogens with one attached hydrogen (secondary N) is 2. The monoisotopic (exact) mass is 196 g/mol. The first-order valence-electron chi connectivity index (χ1n) is 4.33. The van der Waals surface area contributed by atoms with Crippen molar-refractivity contribution in [2.24, 2.45) is 11.8 Å². The van der Waals surface area contributed by atoms with Crippen molar-refractivity contribution >= 4 is 17.8 Å². The summed E-state index contributed by atoms with van der Waals surface area (Å²) in [6.45, 7) is 5.30. The maximum absolute atomic E-state index is 11.3. The van der Waals surface area contributed by atoms with E-state index in [0.29, 0.717) is 6.42 Å². The third-order valence-corrected chi connectivity index (χ3v) is 2.15. The second kappa shape index (κ2) is 4.04. The van der Waals surface area contributed by atoms with E-state index in [9.17, 15) is 14.4 Å². The van der Waals surface area contributed by atoms with Crippen LogP contribution in [0.25, 0.3) is 0 Å². The molecule has 0 aliphatic carbocycles. The van der Waals surface area contributed by atoms with Gasteiger partial charge in [0.2, 0.25) is 11.8 Å². The van der Waals surface area contributed by atoms with E-state index in [4.69, 9.17) is 0 Å². The van der Waals surface area contributed by atoms with Gasteiger partial charge < -0.3 is 0 Å². The lowest BCUT2D eigenvalue weighted by Crippen LogP contribution is -2.57. The number of rotatable bonds is 3. The molecule has 0 spiro atoms. The number of imide groups is 2. The van der Waals surface area contributed by atoms with Gasteiger partial charge in [0.05, 0.1) is 0 Å². The van der Waals surface area contributed by atoms with E-state index < -0.39 is 23.8 Å². The Hall–Kier alpha value is -1.65. The summed E-state index contributed by atoms with van der Waals surface area (Å²) in [5.74, 6) is -2.02. The minimum atomic E-state index is -0.800. The third kappa shape index (κ3) is 1.99. The molecule has 2 N–H and O–H groups in total. The normalized spacial score (nSPS) is 19.9. The van der Waals surface area contributed by atoms with E-state index in [1.54, 1.807) is 13.0 Å². The topological polar surface area (TPSA) is 75.3 Å². The first kappa shape index (κ1) is 10.4. The van der Waals surface area contributed by atoms with Crippen LogP contribution in [-0.2, 0) is 9.59 Å². The first-order valence-corrected chi connectivity index (χ1v) is 4.33. The maximum Gasteiger partial charge on any atom is 0.328 e. The number of carbonyl (C=O) groups is 3. The van der Waals surface area contributed by atoms with Crippen molar-refractivity contribution < 1.29 is 14.4 Å². The van der Waals surface area contributed by atoms with Gasteiger partial charge in [0.1, 0.15) is 5.92 Å². The second-order valence-corrected chi connectivity index (χ2v) is 3.29. The summed E-state index contributed by atoms with van der Waals surface area (Å²) in [5.41, 5.74) is 0. The van der Waals surface area contributed by atoms with Gasteiger partial charge in [0.25, 0.3) is 0 Å². The van der Waals surface area contributed by atoms with Gasteiger partial charge in [-0.15, -0.1) is 6.58 Å². The van der Waals surface area contributed by atoms with Crippen LogP contribution in [-0.4, -0.2) is 17.8 Å². The van der Waals surface area contributed by atoms with E-state index in [-0.39, 0.29) is 5.92 Å². The minimum absolute atomic E-state index is 0.152. The highest BCUT2D eigenvalue weighted by molar-refractivity contribution is 6.16. The fourth-order valence-electron chi connectivity index (χ4n) is 1.45. The van der Waals surface area contributed by atoms with Gasteiger partial charge in [0, 0.05) is 0 Å². The summed E-state index contributed by atoms with van der Waals surface area (Å²) in [4.78, 5) is 33.3. The summed E-state index contributed by atoms with van der Waals surface area (Å²) in [5, 5.41) is 4.11. The minimum Gasteiger partial charge on any atom is -0.277 e. The molecule has 4 amide bonds. The fourth-order valence-corrected chi connectivity index (χ4v) is 1.45. The Kier molecular flexibility index (Phi) is 3.01. The van der Waals surface area contributed by atoms with Crippen molar-refractivity contribution in [1.29, 1.82) is 0 Å². The van der Waals surface area contributed by atoms with Gasteiger partial charge in [0.15, 0.2) is 0 Å². The molecule has 0 aromatic rings. The standard InChI is InChI=1S/C9H12N2O3/c1-3-4-5(2)6-7(12)10-9(14)11-8(6)13/h3,5-6H,1,4H2,2H3,(H2,10,11,12,13,14). The Bertz CT molecular complexity index is 278. The molecule has 0 bridgehead atoms. The average Bonchev–Trinajstić information content (AvgIpc) is 2.01. The van der Waals surface area contributed by atoms with Gasteiger partial charge in [-0.25, -0.2) is 4.79 Å². The largest absolute Gasteiger partial charge is 0.328 e. The average molecular weight is 196 g/mol. The molecule has 0 aromatic heterocycles. The summed E-state index contributed by atoms with van der Waals surface area (Å²) < 4.78 is 0. The second-order valence-electron chi connectivity index (χ2n) is 3.29. The number of barbiturate groups is 1. The highest BCUT2D eigenvalue weighted by atomic mass is 16.2. The van der Waals surface area contributed by atoms with E-state index in [2.05, 4.69) is 17.2 Å². The predicted octanol–water partition coefficient (Wildman–Crippen LogP) is 0.181. The van der Waals surface area contributed by atoms with Crippen LogP contribution in [0.3, 0.4) is 0 Å². The molecule has 1 heterocycles. The Morgan fingerprint density at radius 2 is 1.86 bits per heavy atom. The number of urea groups is 1. The smallest absolute Gasteiger partial charge is 0.277 e. The van der Waals surface area contributed by atoms with Crippen LogP contribution < -0.4 is 10.6 Å². The Morgan fingerprint density at radius 3 is 2.29 bits per heavy atom. The van der Waals surface area contributed by atoms with E-state index >= 15 is 0 Å². The maximum atomic E-state index is 11.3. The van der Waals surface area contributed by atoms with Gasteiger partial charge in [-0.2, -0.15) is 0 Å². The van der Waals surface area contributed by atoms with Crippen LogP contribution >= 0.6 is 0 Å². The molecule has 1 rings (SSSR count). The van der Waals surface area contributed by atoms with Crippen molar-refractivity contribution in [3.63, 3.8) is 0 Å². The molecule has 0 radical (unpaired) electrons. The Labute approximate surface area is 81.5 Å². The van der Waals surface area contributed by atoms with Crippen LogP contribution in [0.4, 0.5) is 4.79 Å². The van der Waals surface area contributed by atoms with Gasteiger partial charge >= 0.3 is 6.03 Å². The van der Waals surface area contributed by atoms with E-state index in [1.807, 2.05) is 0 Å². The molecule has 1 fully saturated rings. The summed E-state index contributed by atoms with van der Waals surface area (Å²) in [6, 6.07) is -0.748. The molecule has 5 heteroatoms. The molecule has 0 aromatic carbocycles. The van der Waals surface area contributed by atoms with Gasteiger partial charge in [-0.3, -0.25) is 20.2 Å². The molecular formula is C9H12N2O3. The van der Waals surface area contributed by atoms with Crippen molar-refractivity contribution in [1.82, 2.24) is 10.6 Å². The lowest BCUT2D eigenvalue weighted by Gasteiger charge is -2.24. The number of carbonyl (C=O) groups excluding carboxylic acids is 3. The van der Waals surface area contributed by atoms with Crippen molar-refractivity contribution in [2.45, 2.75) is 13.3 Å². The van der Waals surface area contributed by atoms with Crippen LogP contribution in [0.5, 0.6) is 0 Å². The lowest BCUT2D eigenvalue weighted by molar-refractivity contribution is -0.137. The number of hydrogen-bond acceptors (Lipinski definition) is 3. The summed E-state index contributed by atoms with van der Waals surface area (Å²) in [6.07, 6.45) is 2.20. The van der Waals surface area contributed by atoms with Crippen LogP contribution in [0, 0.1) is 11.8 Å².